The van der Waals surface area contributed by atoms with Gasteiger partial charge < -0.3 is 14.5 Å². The van der Waals surface area contributed by atoms with Crippen molar-refractivity contribution in [2.45, 2.75) is 23.4 Å². The minimum absolute atomic E-state index is 0.103. The number of carboxylic acid groups (broad SMARTS) is 1. The zero-order chi connectivity index (χ0) is 21.1. The van der Waals surface area contributed by atoms with Gasteiger partial charge >= 0.3 is 18.3 Å². The number of benzene rings is 1. The lowest BCUT2D eigenvalue weighted by molar-refractivity contribution is -0.143. The number of carbonyl (C=O) groups is 1. The third-order valence-corrected chi connectivity index (χ3v) is 6.10. The summed E-state index contributed by atoms with van der Waals surface area (Å²) in [5, 5.41) is 12.3. The maximum absolute atomic E-state index is 13.0. The maximum atomic E-state index is 13.0. The molecular weight excluding hydrogens is 422 g/mol. The molecule has 3 atom stereocenters. The number of alkyl halides is 6. The molecule has 14 heteroatoms. The molecule has 1 aromatic carbocycles. The van der Waals surface area contributed by atoms with E-state index in [0.717, 1.165) is 0 Å². The molecular formula is C14H10F6N2O5S. The van der Waals surface area contributed by atoms with Gasteiger partial charge in [0.05, 0.1) is 30.1 Å². The Labute approximate surface area is 153 Å². The Morgan fingerprint density at radius 1 is 1.14 bits per heavy atom. The summed E-state index contributed by atoms with van der Waals surface area (Å²) in [6.07, 6.45) is -11.4. The number of halogens is 6. The third-order valence-electron chi connectivity index (χ3n) is 4.29. The van der Waals surface area contributed by atoms with E-state index in [1.807, 2.05) is 0 Å². The predicted molar refractivity (Wildman–Crippen MR) is 78.5 cm³/mol. The summed E-state index contributed by atoms with van der Waals surface area (Å²) in [5.74, 6) is -2.45. The van der Waals surface area contributed by atoms with Crippen LogP contribution in [0.5, 0.6) is 0 Å². The van der Waals surface area contributed by atoms with E-state index in [1.54, 1.807) is 0 Å². The van der Waals surface area contributed by atoms with Crippen molar-refractivity contribution in [3.05, 3.63) is 29.3 Å². The van der Waals surface area contributed by atoms with Crippen molar-refractivity contribution in [3.63, 3.8) is 0 Å². The number of oxime groups is 1. The Hall–Kier alpha value is -2.19. The van der Waals surface area contributed by atoms with E-state index in [0.29, 0.717) is 4.31 Å². The summed E-state index contributed by atoms with van der Waals surface area (Å²) in [6, 6.07) is 0.0213. The second-order valence-corrected chi connectivity index (χ2v) is 8.03. The van der Waals surface area contributed by atoms with E-state index < -0.39 is 75.6 Å². The van der Waals surface area contributed by atoms with Crippen LogP contribution in [0.25, 0.3) is 0 Å². The molecule has 0 aliphatic carbocycles. The molecule has 0 aromatic heterocycles. The first kappa shape index (κ1) is 20.5. The van der Waals surface area contributed by atoms with E-state index in [-0.39, 0.29) is 18.2 Å². The molecule has 2 aliphatic heterocycles. The Balaban J connectivity index is 1.99. The highest BCUT2D eigenvalue weighted by molar-refractivity contribution is 7.95. The normalized spacial score (nSPS) is 25.0. The number of hydrogen-bond donors (Lipinski definition) is 1. The number of sulfonamides is 1. The van der Waals surface area contributed by atoms with Crippen LogP contribution in [0.1, 0.15) is 11.1 Å². The van der Waals surface area contributed by atoms with Crippen LogP contribution in [-0.4, -0.2) is 44.8 Å². The Bertz CT molecular complexity index is 867. The Morgan fingerprint density at radius 2 is 1.68 bits per heavy atom. The highest BCUT2D eigenvalue weighted by atomic mass is 32.3. The molecule has 2 aliphatic rings. The average Bonchev–Trinajstić information content (AvgIpc) is 3.13. The molecule has 0 saturated carbocycles. The van der Waals surface area contributed by atoms with Gasteiger partial charge in [-0.05, 0) is 6.07 Å². The van der Waals surface area contributed by atoms with Crippen molar-refractivity contribution in [3.8, 4) is 0 Å². The fourth-order valence-corrected chi connectivity index (χ4v) is 4.47. The van der Waals surface area contributed by atoms with Crippen molar-refractivity contribution >= 4 is 22.1 Å². The first-order valence-corrected chi connectivity index (χ1v) is 8.92. The summed E-state index contributed by atoms with van der Waals surface area (Å²) >= 11 is 0. The van der Waals surface area contributed by atoms with E-state index in [2.05, 4.69) is 5.16 Å². The first-order valence-electron chi connectivity index (χ1n) is 7.48. The van der Waals surface area contributed by atoms with E-state index in [4.69, 9.17) is 9.94 Å². The topological polar surface area (TPSA) is 102 Å². The molecule has 1 N–H and O–H groups in total. The molecule has 154 valence electrons. The maximum Gasteiger partial charge on any atom is 0.416 e. The molecule has 28 heavy (non-hydrogen) atoms. The van der Waals surface area contributed by atoms with Gasteiger partial charge in [0, 0.05) is 12.1 Å². The van der Waals surface area contributed by atoms with Crippen LogP contribution in [0.15, 0.2) is 28.3 Å². The second-order valence-electron chi connectivity index (χ2n) is 6.10. The molecule has 1 saturated heterocycles. The smallest absolute Gasteiger partial charge is 0.416 e. The van der Waals surface area contributed by atoms with Crippen LogP contribution < -0.4 is 0 Å². The molecule has 2 heterocycles. The van der Waals surface area contributed by atoms with Crippen LogP contribution in [0.3, 0.4) is 0 Å². The summed E-state index contributed by atoms with van der Waals surface area (Å²) in [4.78, 5) is 14.7. The monoisotopic (exact) mass is 432 g/mol. The largest absolute Gasteiger partial charge is 0.593 e. The molecule has 7 nitrogen and oxygen atoms in total. The van der Waals surface area contributed by atoms with Crippen LogP contribution in [0.2, 0.25) is 0 Å². The average molecular weight is 432 g/mol. The van der Waals surface area contributed by atoms with Gasteiger partial charge in [0.2, 0.25) is 0 Å². The fourth-order valence-electron chi connectivity index (χ4n) is 2.92. The number of fused-ring (bicyclic) bond motifs is 1. The summed E-state index contributed by atoms with van der Waals surface area (Å²) in [7, 11) is -4.79. The summed E-state index contributed by atoms with van der Waals surface area (Å²) in [6.45, 7) is -0.972. The summed E-state index contributed by atoms with van der Waals surface area (Å²) in [5.41, 5.74) is -4.02. The number of rotatable bonds is 3. The van der Waals surface area contributed by atoms with Gasteiger partial charge in [-0.25, -0.2) is 4.79 Å². The number of hydrogen-bond acceptors (Lipinski definition) is 5. The highest BCUT2D eigenvalue weighted by Gasteiger charge is 2.51. The number of aliphatic carboxylic acids is 1. The van der Waals surface area contributed by atoms with Gasteiger partial charge in [-0.3, -0.25) is 0 Å². The predicted octanol–water partition coefficient (Wildman–Crippen LogP) is 2.40. The van der Waals surface area contributed by atoms with Crippen molar-refractivity contribution in [1.29, 1.82) is 0 Å². The van der Waals surface area contributed by atoms with Crippen molar-refractivity contribution in [2.24, 2.45) is 11.1 Å². The molecule has 3 rings (SSSR count). The number of nitrogens with zero attached hydrogens (tertiary/aromatic N) is 2. The van der Waals surface area contributed by atoms with E-state index in [9.17, 15) is 39.9 Å². The highest BCUT2D eigenvalue weighted by Crippen LogP contribution is 2.40. The Morgan fingerprint density at radius 3 is 2.14 bits per heavy atom. The van der Waals surface area contributed by atoms with Gasteiger partial charge in [-0.2, -0.15) is 26.3 Å². The molecule has 0 amide bonds. The minimum Gasteiger partial charge on any atom is -0.593 e. The van der Waals surface area contributed by atoms with Crippen molar-refractivity contribution in [1.82, 2.24) is 4.31 Å². The minimum atomic E-state index is -5.21. The van der Waals surface area contributed by atoms with Crippen LogP contribution in [0, 0.1) is 5.92 Å². The van der Waals surface area contributed by atoms with Gasteiger partial charge in [0.15, 0.2) is 27.1 Å². The van der Waals surface area contributed by atoms with Crippen molar-refractivity contribution in [2.75, 3.05) is 13.1 Å². The van der Waals surface area contributed by atoms with E-state index in [1.165, 1.54) is 0 Å². The molecule has 0 radical (unpaired) electrons. The van der Waals surface area contributed by atoms with Gasteiger partial charge in [0.1, 0.15) is 0 Å². The first-order chi connectivity index (χ1) is 12.7. The quantitative estimate of drug-likeness (QED) is 0.584. The number of carboxylic acids is 1. The molecule has 0 spiro atoms. The fraction of sp³-hybridized carbons (Fsp3) is 0.429. The standard InChI is InChI=1S/C14H10F6N2O5S/c15-13(16,17)6-1-7(14(18,19)20)3-8(2-6)28(25,26)22-4-9-10(5-22)27-21-11(9)12(23)24/h1-3,9-10H,4-5H2,(H-,23,24,25,26). The zero-order valence-corrected chi connectivity index (χ0v) is 14.3. The Kier molecular flexibility index (Phi) is 4.71. The summed E-state index contributed by atoms with van der Waals surface area (Å²) < 4.78 is 104. The van der Waals surface area contributed by atoms with Crippen LogP contribution in [-0.2, 0) is 36.6 Å². The van der Waals surface area contributed by atoms with Gasteiger partial charge in [0.25, 0.3) is 0 Å². The van der Waals surface area contributed by atoms with Crippen molar-refractivity contribution < 1.29 is 49.8 Å². The second kappa shape index (κ2) is 6.42. The lowest BCUT2D eigenvalue weighted by atomic mass is 10.0. The van der Waals surface area contributed by atoms with Crippen LogP contribution >= 0.6 is 0 Å². The van der Waals surface area contributed by atoms with E-state index >= 15 is 0 Å². The lowest BCUT2D eigenvalue weighted by Gasteiger charge is -2.25. The van der Waals surface area contributed by atoms with Gasteiger partial charge in [-0.1, -0.05) is 9.36 Å². The molecule has 0 bridgehead atoms. The molecule has 3 unspecified atom stereocenters. The van der Waals surface area contributed by atoms with Crippen LogP contribution in [0.4, 0.5) is 26.3 Å². The van der Waals surface area contributed by atoms with Gasteiger partial charge in [-0.15, -0.1) is 4.31 Å². The lowest BCUT2D eigenvalue weighted by Crippen LogP contribution is -2.36. The SMILES string of the molecule is O=C(O)C1=NOC2CN([S+](=O)([O-])c3cc(C(F)(F)F)cc(C(F)(F)F)c3)CC12. The third kappa shape index (κ3) is 3.58. The molecule has 1 aromatic rings. The zero-order valence-electron chi connectivity index (χ0n) is 13.5. The molecule has 1 fully saturated rings.